The highest BCUT2D eigenvalue weighted by molar-refractivity contribution is 6.46. The number of pyridine rings is 1. The Bertz CT molecular complexity index is 1210. The topological polar surface area (TPSA) is 79.7 Å². The summed E-state index contributed by atoms with van der Waals surface area (Å²) in [6.07, 6.45) is 4.85. The predicted molar refractivity (Wildman–Crippen MR) is 121 cm³/mol. The molecular weight excluding hydrogens is 423 g/mol. The van der Waals surface area contributed by atoms with Crippen LogP contribution in [0.2, 0.25) is 0 Å². The number of rotatable bonds is 7. The molecule has 1 aliphatic heterocycles. The van der Waals surface area contributed by atoms with E-state index in [9.17, 15) is 19.1 Å². The maximum absolute atomic E-state index is 13.4. The second-order valence-corrected chi connectivity index (χ2v) is 7.46. The largest absolute Gasteiger partial charge is 0.507 e. The number of ether oxygens (including phenoxy) is 1. The van der Waals surface area contributed by atoms with Gasteiger partial charge in [-0.25, -0.2) is 4.39 Å². The number of likely N-dealkylation sites (tertiary alicyclic amines) is 1. The van der Waals surface area contributed by atoms with Crippen molar-refractivity contribution in [2.45, 2.75) is 12.6 Å². The summed E-state index contributed by atoms with van der Waals surface area (Å²) in [6, 6.07) is 14.7. The van der Waals surface area contributed by atoms with Crippen LogP contribution >= 0.6 is 0 Å². The van der Waals surface area contributed by atoms with Crippen LogP contribution in [-0.4, -0.2) is 33.3 Å². The SMILES string of the molecule is C=CCOc1ccc(C2/C(=C(\O)c3ccc(F)cc3)C(=O)C(=O)N2Cc2cccnc2)cc1. The van der Waals surface area contributed by atoms with Crippen LogP contribution in [0.15, 0.2) is 91.3 Å². The molecule has 1 fully saturated rings. The fraction of sp³-hybridized carbons (Fsp3) is 0.115. The van der Waals surface area contributed by atoms with Gasteiger partial charge in [0.05, 0.1) is 11.6 Å². The van der Waals surface area contributed by atoms with Crippen LogP contribution in [0.25, 0.3) is 5.76 Å². The predicted octanol–water partition coefficient (Wildman–Crippen LogP) is 4.41. The van der Waals surface area contributed by atoms with Crippen molar-refractivity contribution in [2.75, 3.05) is 6.61 Å². The Morgan fingerprint density at radius 3 is 2.48 bits per heavy atom. The molecule has 33 heavy (non-hydrogen) atoms. The molecule has 3 aromatic rings. The highest BCUT2D eigenvalue weighted by Gasteiger charge is 2.46. The molecule has 0 bridgehead atoms. The molecule has 1 atom stereocenters. The zero-order valence-corrected chi connectivity index (χ0v) is 17.6. The van der Waals surface area contributed by atoms with Gasteiger partial charge in [-0.15, -0.1) is 0 Å². The van der Waals surface area contributed by atoms with E-state index in [2.05, 4.69) is 11.6 Å². The van der Waals surface area contributed by atoms with Crippen molar-refractivity contribution in [3.63, 3.8) is 0 Å². The van der Waals surface area contributed by atoms with Crippen LogP contribution in [0.1, 0.15) is 22.7 Å². The number of aliphatic hydroxyl groups is 1. The van der Waals surface area contributed by atoms with Gasteiger partial charge in [-0.3, -0.25) is 14.6 Å². The van der Waals surface area contributed by atoms with Gasteiger partial charge in [0.1, 0.15) is 23.9 Å². The summed E-state index contributed by atoms with van der Waals surface area (Å²) in [7, 11) is 0. The molecule has 1 unspecified atom stereocenters. The monoisotopic (exact) mass is 444 g/mol. The highest BCUT2D eigenvalue weighted by Crippen LogP contribution is 2.40. The van der Waals surface area contributed by atoms with E-state index in [1.165, 1.54) is 29.2 Å². The minimum absolute atomic E-state index is 0.0599. The van der Waals surface area contributed by atoms with Crippen molar-refractivity contribution in [1.29, 1.82) is 0 Å². The Morgan fingerprint density at radius 1 is 1.12 bits per heavy atom. The summed E-state index contributed by atoms with van der Waals surface area (Å²) in [4.78, 5) is 31.5. The number of carbonyl (C=O) groups is 2. The zero-order chi connectivity index (χ0) is 23.4. The number of Topliss-reactive ketones (excluding diaryl/α,β-unsaturated/α-hetero) is 1. The van der Waals surface area contributed by atoms with Crippen molar-refractivity contribution >= 4 is 17.4 Å². The van der Waals surface area contributed by atoms with E-state index in [1.807, 2.05) is 0 Å². The average Bonchev–Trinajstić information content (AvgIpc) is 3.08. The van der Waals surface area contributed by atoms with E-state index in [0.717, 1.165) is 5.56 Å². The number of halogens is 1. The number of hydrogen-bond acceptors (Lipinski definition) is 5. The van der Waals surface area contributed by atoms with Gasteiger partial charge >= 0.3 is 0 Å². The third-order valence-electron chi connectivity index (χ3n) is 5.30. The van der Waals surface area contributed by atoms with Gasteiger partial charge < -0.3 is 14.7 Å². The van der Waals surface area contributed by atoms with Gasteiger partial charge in [0.25, 0.3) is 11.7 Å². The molecule has 1 aliphatic rings. The fourth-order valence-electron chi connectivity index (χ4n) is 3.74. The number of carbonyl (C=O) groups excluding carboxylic acids is 2. The molecule has 1 aromatic heterocycles. The van der Waals surface area contributed by atoms with Crippen molar-refractivity contribution in [1.82, 2.24) is 9.88 Å². The third-order valence-corrected chi connectivity index (χ3v) is 5.30. The first-order valence-corrected chi connectivity index (χ1v) is 10.3. The smallest absolute Gasteiger partial charge is 0.295 e. The first kappa shape index (κ1) is 22.0. The van der Waals surface area contributed by atoms with Crippen LogP contribution in [-0.2, 0) is 16.1 Å². The first-order chi connectivity index (χ1) is 16.0. The minimum Gasteiger partial charge on any atom is -0.507 e. The number of hydrogen-bond donors (Lipinski definition) is 1. The van der Waals surface area contributed by atoms with E-state index in [1.54, 1.807) is 54.9 Å². The zero-order valence-electron chi connectivity index (χ0n) is 17.6. The van der Waals surface area contributed by atoms with Crippen LogP contribution in [0.3, 0.4) is 0 Å². The number of aliphatic hydroxyl groups excluding tert-OH is 1. The number of amides is 1. The summed E-state index contributed by atoms with van der Waals surface area (Å²) >= 11 is 0. The molecule has 7 heteroatoms. The van der Waals surface area contributed by atoms with E-state index in [4.69, 9.17) is 4.74 Å². The lowest BCUT2D eigenvalue weighted by Crippen LogP contribution is -2.29. The lowest BCUT2D eigenvalue weighted by molar-refractivity contribution is -0.140. The Morgan fingerprint density at radius 2 is 1.85 bits per heavy atom. The molecular formula is C26H21FN2O4. The molecule has 1 amide bonds. The van der Waals surface area contributed by atoms with E-state index in [-0.39, 0.29) is 23.4 Å². The van der Waals surface area contributed by atoms with Crippen molar-refractivity contribution in [2.24, 2.45) is 0 Å². The normalized spacial score (nSPS) is 17.2. The van der Waals surface area contributed by atoms with Gasteiger partial charge in [0.2, 0.25) is 0 Å². The van der Waals surface area contributed by atoms with Crippen LogP contribution in [0.5, 0.6) is 5.75 Å². The molecule has 2 aromatic carbocycles. The van der Waals surface area contributed by atoms with Crippen molar-refractivity contribution in [3.8, 4) is 5.75 Å². The molecule has 1 N–H and O–H groups in total. The maximum Gasteiger partial charge on any atom is 0.295 e. The molecule has 2 heterocycles. The summed E-state index contributed by atoms with van der Waals surface area (Å²) in [5.41, 5.74) is 1.53. The molecule has 0 saturated carbocycles. The molecule has 0 radical (unpaired) electrons. The number of nitrogens with zero attached hydrogens (tertiary/aromatic N) is 2. The second kappa shape index (κ2) is 9.48. The summed E-state index contributed by atoms with van der Waals surface area (Å²) in [5.74, 6) is -1.78. The Hall–Kier alpha value is -4.26. The van der Waals surface area contributed by atoms with Crippen LogP contribution < -0.4 is 4.74 Å². The molecule has 1 saturated heterocycles. The van der Waals surface area contributed by atoms with Gasteiger partial charge in [0.15, 0.2) is 0 Å². The average molecular weight is 444 g/mol. The molecule has 6 nitrogen and oxygen atoms in total. The number of ketones is 1. The first-order valence-electron chi connectivity index (χ1n) is 10.3. The van der Waals surface area contributed by atoms with E-state index in [0.29, 0.717) is 17.9 Å². The number of aromatic nitrogens is 1. The van der Waals surface area contributed by atoms with Gasteiger partial charge in [0, 0.05) is 24.5 Å². The summed E-state index contributed by atoms with van der Waals surface area (Å²) in [5, 5.41) is 11.0. The molecule has 166 valence electrons. The summed E-state index contributed by atoms with van der Waals surface area (Å²) in [6.45, 7) is 4.08. The lowest BCUT2D eigenvalue weighted by atomic mass is 9.95. The van der Waals surface area contributed by atoms with Crippen LogP contribution in [0, 0.1) is 5.82 Å². The van der Waals surface area contributed by atoms with Crippen molar-refractivity contribution < 1.29 is 23.8 Å². The standard InChI is InChI=1S/C26H21FN2O4/c1-2-14-33-21-11-7-18(8-12-21)23-22(24(30)19-5-9-20(27)10-6-19)25(31)26(32)29(23)16-17-4-3-13-28-15-17/h2-13,15,23,30H,1,14,16H2/b24-22+. The second-order valence-electron chi connectivity index (χ2n) is 7.46. The summed E-state index contributed by atoms with van der Waals surface area (Å²) < 4.78 is 18.9. The van der Waals surface area contributed by atoms with Gasteiger partial charge in [-0.2, -0.15) is 0 Å². The van der Waals surface area contributed by atoms with E-state index >= 15 is 0 Å². The Balaban J connectivity index is 1.80. The lowest BCUT2D eigenvalue weighted by Gasteiger charge is -2.25. The minimum atomic E-state index is -0.844. The molecule has 4 rings (SSSR count). The van der Waals surface area contributed by atoms with Crippen LogP contribution in [0.4, 0.5) is 4.39 Å². The molecule has 0 spiro atoms. The van der Waals surface area contributed by atoms with E-state index < -0.39 is 23.5 Å². The van der Waals surface area contributed by atoms with Gasteiger partial charge in [-0.1, -0.05) is 30.9 Å². The quantitative estimate of drug-likeness (QED) is 0.253. The third kappa shape index (κ3) is 4.52. The Labute approximate surface area is 190 Å². The Kier molecular flexibility index (Phi) is 6.31. The maximum atomic E-state index is 13.4. The fourth-order valence-corrected chi connectivity index (χ4v) is 3.74. The number of benzene rings is 2. The molecule has 0 aliphatic carbocycles. The van der Waals surface area contributed by atoms with Crippen molar-refractivity contribution in [3.05, 3.63) is 114 Å². The van der Waals surface area contributed by atoms with Gasteiger partial charge in [-0.05, 0) is 53.6 Å². The highest BCUT2D eigenvalue weighted by atomic mass is 19.1.